The highest BCUT2D eigenvalue weighted by molar-refractivity contribution is 5.17. The lowest BCUT2D eigenvalue weighted by Gasteiger charge is -2.20. The molecule has 0 aromatic heterocycles. The molecule has 0 aliphatic rings. The number of nitrogens with one attached hydrogen (secondary N) is 1. The van der Waals surface area contributed by atoms with Gasteiger partial charge in [-0.2, -0.15) is 0 Å². The Morgan fingerprint density at radius 1 is 1.33 bits per heavy atom. The average molecular weight is 252 g/mol. The zero-order chi connectivity index (χ0) is 13.4. The second-order valence-corrected chi connectivity index (χ2v) is 5.08. The van der Waals surface area contributed by atoms with Crippen molar-refractivity contribution < 1.29 is 4.39 Å². The highest BCUT2D eigenvalue weighted by Gasteiger charge is 2.09. The number of benzene rings is 1. The summed E-state index contributed by atoms with van der Waals surface area (Å²) >= 11 is 0. The zero-order valence-corrected chi connectivity index (χ0v) is 11.7. The third-order valence-corrected chi connectivity index (χ3v) is 2.98. The van der Waals surface area contributed by atoms with Crippen LogP contribution in [-0.4, -0.2) is 38.1 Å². The van der Waals surface area contributed by atoms with Crippen LogP contribution in [0.1, 0.15) is 25.3 Å². The first-order chi connectivity index (χ1) is 8.61. The van der Waals surface area contributed by atoms with Crippen molar-refractivity contribution in [2.45, 2.75) is 32.2 Å². The van der Waals surface area contributed by atoms with Crippen molar-refractivity contribution in [2.24, 2.45) is 0 Å². The summed E-state index contributed by atoms with van der Waals surface area (Å²) in [7, 11) is 4.16. The molecule has 0 fully saturated rings. The van der Waals surface area contributed by atoms with E-state index in [1.165, 1.54) is 6.07 Å². The first-order valence-electron chi connectivity index (χ1n) is 6.74. The summed E-state index contributed by atoms with van der Waals surface area (Å²) in [5, 5.41) is 3.54. The van der Waals surface area contributed by atoms with E-state index in [2.05, 4.69) is 31.2 Å². The quantitative estimate of drug-likeness (QED) is 0.765. The third kappa shape index (κ3) is 6.12. The van der Waals surface area contributed by atoms with Gasteiger partial charge >= 0.3 is 0 Å². The number of hydrogen-bond acceptors (Lipinski definition) is 2. The molecule has 2 nitrogen and oxygen atoms in total. The summed E-state index contributed by atoms with van der Waals surface area (Å²) in [5.41, 5.74) is 1.07. The van der Waals surface area contributed by atoms with Crippen molar-refractivity contribution in [2.75, 3.05) is 27.2 Å². The number of halogens is 1. The van der Waals surface area contributed by atoms with Crippen LogP contribution < -0.4 is 5.32 Å². The predicted octanol–water partition coefficient (Wildman–Crippen LogP) is 2.69. The monoisotopic (exact) mass is 252 g/mol. The molecule has 0 amide bonds. The van der Waals surface area contributed by atoms with Crippen LogP contribution in [0.15, 0.2) is 24.3 Å². The Hall–Kier alpha value is -0.930. The fourth-order valence-corrected chi connectivity index (χ4v) is 1.99. The van der Waals surface area contributed by atoms with E-state index in [1.54, 1.807) is 12.1 Å². The summed E-state index contributed by atoms with van der Waals surface area (Å²) in [6.07, 6.45) is 3.11. The average Bonchev–Trinajstić information content (AvgIpc) is 2.32. The van der Waals surface area contributed by atoms with E-state index in [0.29, 0.717) is 6.04 Å². The number of nitrogens with zero attached hydrogens (tertiary/aromatic N) is 1. The van der Waals surface area contributed by atoms with Gasteiger partial charge in [-0.3, -0.25) is 0 Å². The van der Waals surface area contributed by atoms with E-state index in [9.17, 15) is 4.39 Å². The van der Waals surface area contributed by atoms with Gasteiger partial charge in [0.1, 0.15) is 5.82 Å². The van der Waals surface area contributed by atoms with E-state index in [4.69, 9.17) is 0 Å². The fourth-order valence-electron chi connectivity index (χ4n) is 1.99. The van der Waals surface area contributed by atoms with Crippen LogP contribution >= 0.6 is 0 Å². The van der Waals surface area contributed by atoms with Crippen molar-refractivity contribution in [1.82, 2.24) is 10.2 Å². The van der Waals surface area contributed by atoms with E-state index < -0.39 is 0 Å². The van der Waals surface area contributed by atoms with Crippen molar-refractivity contribution in [3.63, 3.8) is 0 Å². The molecular weight excluding hydrogens is 227 g/mol. The van der Waals surface area contributed by atoms with Crippen molar-refractivity contribution in [1.29, 1.82) is 0 Å². The van der Waals surface area contributed by atoms with Crippen LogP contribution in [0.25, 0.3) is 0 Å². The Balaban J connectivity index is 2.53. The molecule has 1 N–H and O–H groups in total. The maximum atomic E-state index is 13.2. The topological polar surface area (TPSA) is 15.3 Å². The minimum absolute atomic E-state index is 0.144. The summed E-state index contributed by atoms with van der Waals surface area (Å²) in [4.78, 5) is 2.19. The largest absolute Gasteiger partial charge is 0.314 e. The lowest BCUT2D eigenvalue weighted by molar-refractivity contribution is 0.356. The van der Waals surface area contributed by atoms with Gasteiger partial charge in [0.05, 0.1) is 0 Å². The van der Waals surface area contributed by atoms with Crippen LogP contribution in [0, 0.1) is 5.82 Å². The lowest BCUT2D eigenvalue weighted by atomic mass is 10.0. The Bertz CT molecular complexity index is 339. The highest BCUT2D eigenvalue weighted by Crippen LogP contribution is 2.09. The van der Waals surface area contributed by atoms with Gasteiger partial charge in [-0.05, 0) is 64.1 Å². The first kappa shape index (κ1) is 15.1. The molecule has 0 saturated carbocycles. The van der Waals surface area contributed by atoms with Gasteiger partial charge < -0.3 is 10.2 Å². The van der Waals surface area contributed by atoms with Gasteiger partial charge in [0.15, 0.2) is 0 Å². The Labute approximate surface area is 110 Å². The molecule has 0 aliphatic heterocycles. The summed E-state index contributed by atoms with van der Waals surface area (Å²) < 4.78 is 13.2. The molecule has 0 heterocycles. The maximum Gasteiger partial charge on any atom is 0.123 e. The van der Waals surface area contributed by atoms with Crippen LogP contribution in [-0.2, 0) is 6.42 Å². The van der Waals surface area contributed by atoms with Gasteiger partial charge in [0.2, 0.25) is 0 Å². The second kappa shape index (κ2) is 8.22. The van der Waals surface area contributed by atoms with Crippen LogP contribution in [0.4, 0.5) is 4.39 Å². The summed E-state index contributed by atoms with van der Waals surface area (Å²) in [6, 6.07) is 7.34. The van der Waals surface area contributed by atoms with Crippen molar-refractivity contribution in [3.8, 4) is 0 Å². The fraction of sp³-hybridized carbons (Fsp3) is 0.600. The van der Waals surface area contributed by atoms with Crippen LogP contribution in [0.3, 0.4) is 0 Å². The minimum Gasteiger partial charge on any atom is -0.314 e. The molecule has 0 radical (unpaired) electrons. The highest BCUT2D eigenvalue weighted by atomic mass is 19.1. The van der Waals surface area contributed by atoms with Gasteiger partial charge in [0, 0.05) is 6.04 Å². The molecule has 3 heteroatoms. The Kier molecular flexibility index (Phi) is 6.91. The van der Waals surface area contributed by atoms with Crippen molar-refractivity contribution >= 4 is 0 Å². The van der Waals surface area contributed by atoms with Crippen LogP contribution in [0.2, 0.25) is 0 Å². The summed E-state index contributed by atoms with van der Waals surface area (Å²) in [5.74, 6) is -0.144. The summed E-state index contributed by atoms with van der Waals surface area (Å²) in [6.45, 7) is 4.24. The van der Waals surface area contributed by atoms with Gasteiger partial charge in [0.25, 0.3) is 0 Å². The molecule has 102 valence electrons. The zero-order valence-electron chi connectivity index (χ0n) is 11.7. The van der Waals surface area contributed by atoms with Gasteiger partial charge in [-0.15, -0.1) is 0 Å². The predicted molar refractivity (Wildman–Crippen MR) is 75.4 cm³/mol. The van der Waals surface area contributed by atoms with Crippen molar-refractivity contribution in [3.05, 3.63) is 35.6 Å². The minimum atomic E-state index is -0.144. The lowest BCUT2D eigenvalue weighted by Crippen LogP contribution is -2.34. The van der Waals surface area contributed by atoms with Crippen LogP contribution in [0.5, 0.6) is 0 Å². The van der Waals surface area contributed by atoms with E-state index >= 15 is 0 Å². The molecule has 1 atom stereocenters. The standard InChI is InChI=1S/C15H25FN2/c1-4-9-17-15(8-10-18(2)3)12-13-6-5-7-14(16)11-13/h5-7,11,15,17H,4,8-10,12H2,1-3H3. The number of hydrogen-bond donors (Lipinski definition) is 1. The van der Waals surface area contributed by atoms with Gasteiger partial charge in [-0.1, -0.05) is 19.1 Å². The van der Waals surface area contributed by atoms with E-state index in [-0.39, 0.29) is 5.82 Å². The molecule has 0 saturated heterocycles. The molecule has 1 unspecified atom stereocenters. The Morgan fingerprint density at radius 3 is 2.72 bits per heavy atom. The SMILES string of the molecule is CCCNC(CCN(C)C)Cc1cccc(F)c1. The molecular formula is C15H25FN2. The third-order valence-electron chi connectivity index (χ3n) is 2.98. The second-order valence-electron chi connectivity index (χ2n) is 5.08. The van der Waals surface area contributed by atoms with E-state index in [0.717, 1.165) is 37.9 Å². The molecule has 1 rings (SSSR count). The molecule has 0 spiro atoms. The molecule has 0 aliphatic carbocycles. The number of rotatable bonds is 8. The molecule has 1 aromatic rings. The maximum absolute atomic E-state index is 13.2. The molecule has 0 bridgehead atoms. The Morgan fingerprint density at radius 2 is 2.11 bits per heavy atom. The van der Waals surface area contributed by atoms with E-state index in [1.807, 2.05) is 6.07 Å². The molecule has 18 heavy (non-hydrogen) atoms. The normalized spacial score (nSPS) is 12.9. The first-order valence-corrected chi connectivity index (χ1v) is 6.74. The molecule has 1 aromatic carbocycles. The smallest absolute Gasteiger partial charge is 0.123 e. The van der Waals surface area contributed by atoms with Gasteiger partial charge in [-0.25, -0.2) is 4.39 Å².